The van der Waals surface area contributed by atoms with Crippen molar-refractivity contribution in [3.05, 3.63) is 0 Å². The fraction of sp³-hybridized carbons (Fsp3) is 0.800. The predicted molar refractivity (Wildman–Crippen MR) is 59.6 cm³/mol. The van der Waals surface area contributed by atoms with Crippen LogP contribution in [0.1, 0.15) is 13.8 Å². The Morgan fingerprint density at radius 3 is 2.39 bits per heavy atom. The molecule has 0 unspecified atom stereocenters. The van der Waals surface area contributed by atoms with Gasteiger partial charge in [-0.25, -0.2) is 18.4 Å². The first-order valence-electron chi connectivity index (χ1n) is 5.47. The highest BCUT2D eigenvalue weighted by molar-refractivity contribution is 5.82. The van der Waals surface area contributed by atoms with Crippen molar-refractivity contribution in [1.29, 1.82) is 0 Å². The number of ether oxygens (including phenoxy) is 1. The number of alkyl halides is 2. The minimum absolute atomic E-state index is 0.0307. The lowest BCUT2D eigenvalue weighted by Crippen LogP contribution is -2.49. The molecular weight excluding hydrogens is 250 g/mol. The van der Waals surface area contributed by atoms with Gasteiger partial charge in [-0.05, 0) is 5.92 Å². The maximum Gasteiger partial charge on any atom is 0.326 e. The predicted octanol–water partition coefficient (Wildman–Crippen LogP) is 0.676. The van der Waals surface area contributed by atoms with Gasteiger partial charge in [-0.3, -0.25) is 0 Å². The number of urea groups is 1. The number of nitrogens with one attached hydrogen (secondary N) is 2. The third-order valence-electron chi connectivity index (χ3n) is 2.00. The summed E-state index contributed by atoms with van der Waals surface area (Å²) in [6.07, 6.45) is -2.55. The van der Waals surface area contributed by atoms with Gasteiger partial charge in [0.25, 0.3) is 6.43 Å². The van der Waals surface area contributed by atoms with Crippen molar-refractivity contribution in [3.8, 4) is 0 Å². The van der Waals surface area contributed by atoms with E-state index in [9.17, 15) is 18.4 Å². The van der Waals surface area contributed by atoms with E-state index >= 15 is 0 Å². The highest BCUT2D eigenvalue weighted by Crippen LogP contribution is 2.01. The van der Waals surface area contributed by atoms with Crippen LogP contribution in [0.25, 0.3) is 0 Å². The summed E-state index contributed by atoms with van der Waals surface area (Å²) in [5.74, 6) is -1.39. The van der Waals surface area contributed by atoms with Gasteiger partial charge in [-0.2, -0.15) is 0 Å². The Labute approximate surface area is 104 Å². The second kappa shape index (κ2) is 8.62. The van der Waals surface area contributed by atoms with E-state index in [2.05, 4.69) is 15.4 Å². The van der Waals surface area contributed by atoms with E-state index < -0.39 is 31.1 Å². The lowest BCUT2D eigenvalue weighted by Gasteiger charge is -2.18. The number of carbonyl (C=O) groups excluding carboxylic acids is 1. The Morgan fingerprint density at radius 2 is 1.94 bits per heavy atom. The van der Waals surface area contributed by atoms with Crippen LogP contribution in [-0.4, -0.2) is 49.3 Å². The number of carbonyl (C=O) groups is 2. The normalized spacial score (nSPS) is 12.6. The van der Waals surface area contributed by atoms with E-state index in [1.165, 1.54) is 0 Å². The van der Waals surface area contributed by atoms with E-state index in [1.807, 2.05) is 0 Å². The zero-order valence-corrected chi connectivity index (χ0v) is 10.3. The molecule has 0 radical (unpaired) electrons. The minimum Gasteiger partial charge on any atom is -0.480 e. The van der Waals surface area contributed by atoms with E-state index in [0.29, 0.717) is 0 Å². The molecule has 0 aliphatic carbocycles. The van der Waals surface area contributed by atoms with Gasteiger partial charge in [0.05, 0.1) is 6.61 Å². The lowest BCUT2D eigenvalue weighted by molar-refractivity contribution is -0.140. The Hall–Kier alpha value is -1.44. The molecule has 0 spiro atoms. The monoisotopic (exact) mass is 268 g/mol. The van der Waals surface area contributed by atoms with Crippen LogP contribution in [0.2, 0.25) is 0 Å². The topological polar surface area (TPSA) is 87.7 Å². The molecule has 0 rings (SSSR count). The van der Waals surface area contributed by atoms with Gasteiger partial charge >= 0.3 is 12.0 Å². The number of aliphatic carboxylic acids is 1. The maximum atomic E-state index is 11.7. The van der Waals surface area contributed by atoms with Crippen LogP contribution in [0.4, 0.5) is 13.6 Å². The van der Waals surface area contributed by atoms with Crippen LogP contribution in [0, 0.1) is 5.92 Å². The zero-order chi connectivity index (χ0) is 14.1. The molecule has 0 saturated carbocycles. The van der Waals surface area contributed by atoms with Crippen molar-refractivity contribution in [2.45, 2.75) is 26.3 Å². The first kappa shape index (κ1) is 16.6. The summed E-state index contributed by atoms with van der Waals surface area (Å²) >= 11 is 0. The van der Waals surface area contributed by atoms with Crippen molar-refractivity contribution >= 4 is 12.0 Å². The molecular formula is C10H18F2N2O4. The molecule has 0 aromatic heterocycles. The molecule has 6 nitrogen and oxygen atoms in total. The summed E-state index contributed by atoms with van der Waals surface area (Å²) in [5, 5.41) is 13.4. The van der Waals surface area contributed by atoms with Gasteiger partial charge in [0.15, 0.2) is 0 Å². The molecule has 18 heavy (non-hydrogen) atoms. The van der Waals surface area contributed by atoms with Crippen LogP contribution in [0.5, 0.6) is 0 Å². The van der Waals surface area contributed by atoms with Crippen LogP contribution in [-0.2, 0) is 9.53 Å². The largest absolute Gasteiger partial charge is 0.480 e. The molecule has 0 aromatic rings. The van der Waals surface area contributed by atoms with Crippen molar-refractivity contribution in [1.82, 2.24) is 10.6 Å². The number of rotatable bonds is 8. The molecule has 0 aliphatic rings. The van der Waals surface area contributed by atoms with Gasteiger partial charge in [0.2, 0.25) is 0 Å². The second-order valence-corrected chi connectivity index (χ2v) is 3.93. The average Bonchev–Trinajstić information content (AvgIpc) is 2.24. The van der Waals surface area contributed by atoms with Gasteiger partial charge < -0.3 is 20.5 Å². The Balaban J connectivity index is 3.79. The number of halogens is 2. The number of amides is 2. The third-order valence-corrected chi connectivity index (χ3v) is 2.00. The molecule has 106 valence electrons. The van der Waals surface area contributed by atoms with Crippen LogP contribution < -0.4 is 10.6 Å². The summed E-state index contributed by atoms with van der Waals surface area (Å²) in [6, 6.07) is -1.66. The van der Waals surface area contributed by atoms with Gasteiger partial charge in [0.1, 0.15) is 12.6 Å². The lowest BCUT2D eigenvalue weighted by atomic mass is 10.1. The van der Waals surface area contributed by atoms with Crippen LogP contribution in [0.15, 0.2) is 0 Å². The molecule has 0 heterocycles. The first-order valence-corrected chi connectivity index (χ1v) is 5.47. The number of carboxylic acid groups (broad SMARTS) is 1. The zero-order valence-electron chi connectivity index (χ0n) is 10.3. The summed E-state index contributed by atoms with van der Waals surface area (Å²) in [7, 11) is 0. The standard InChI is InChI=1S/C10H18F2N2O4/c1-6(2)8(9(15)16)14-10(17)13-3-4-18-5-7(11)12/h6-8H,3-5H2,1-2H3,(H,15,16)(H2,13,14,17)/t8-/m1/s1. The molecule has 0 aliphatic heterocycles. The Bertz CT molecular complexity index is 275. The summed E-state index contributed by atoms with van der Waals surface area (Å²) < 4.78 is 27.9. The fourth-order valence-electron chi connectivity index (χ4n) is 1.11. The van der Waals surface area contributed by atoms with Gasteiger partial charge in [0, 0.05) is 6.54 Å². The fourth-order valence-corrected chi connectivity index (χ4v) is 1.11. The summed E-state index contributed by atoms with van der Waals surface area (Å²) in [5.41, 5.74) is 0. The smallest absolute Gasteiger partial charge is 0.326 e. The Morgan fingerprint density at radius 1 is 1.33 bits per heavy atom. The number of hydrogen-bond acceptors (Lipinski definition) is 3. The molecule has 0 bridgehead atoms. The first-order chi connectivity index (χ1) is 8.34. The van der Waals surface area contributed by atoms with Crippen molar-refractivity contribution < 1.29 is 28.2 Å². The molecule has 0 fully saturated rings. The van der Waals surface area contributed by atoms with E-state index in [-0.39, 0.29) is 19.1 Å². The van der Waals surface area contributed by atoms with E-state index in [1.54, 1.807) is 13.8 Å². The van der Waals surface area contributed by atoms with Crippen LogP contribution >= 0.6 is 0 Å². The Kier molecular flexibility index (Phi) is 7.93. The highest BCUT2D eigenvalue weighted by atomic mass is 19.3. The van der Waals surface area contributed by atoms with Crippen LogP contribution in [0.3, 0.4) is 0 Å². The summed E-state index contributed by atoms with van der Waals surface area (Å²) in [4.78, 5) is 22.0. The van der Waals surface area contributed by atoms with E-state index in [0.717, 1.165) is 0 Å². The second-order valence-electron chi connectivity index (χ2n) is 3.93. The average molecular weight is 268 g/mol. The van der Waals surface area contributed by atoms with Crippen molar-refractivity contribution in [3.63, 3.8) is 0 Å². The molecule has 2 amide bonds. The molecule has 3 N–H and O–H groups in total. The third kappa shape index (κ3) is 7.77. The van der Waals surface area contributed by atoms with Crippen molar-refractivity contribution in [2.75, 3.05) is 19.8 Å². The van der Waals surface area contributed by atoms with Gasteiger partial charge in [-0.1, -0.05) is 13.8 Å². The van der Waals surface area contributed by atoms with E-state index in [4.69, 9.17) is 5.11 Å². The maximum absolute atomic E-state index is 11.7. The highest BCUT2D eigenvalue weighted by Gasteiger charge is 2.22. The molecule has 0 aromatic carbocycles. The van der Waals surface area contributed by atoms with Gasteiger partial charge in [-0.15, -0.1) is 0 Å². The SMILES string of the molecule is CC(C)[C@@H](NC(=O)NCCOCC(F)F)C(=O)O. The number of carboxylic acids is 1. The summed E-state index contributed by atoms with van der Waals surface area (Å²) in [6.45, 7) is 2.60. The van der Waals surface area contributed by atoms with Crippen molar-refractivity contribution in [2.24, 2.45) is 5.92 Å². The quantitative estimate of drug-likeness (QED) is 0.565. The molecule has 1 atom stereocenters. The molecule has 0 saturated heterocycles. The minimum atomic E-state index is -2.55. The number of hydrogen-bond donors (Lipinski definition) is 3. The molecule has 8 heteroatoms.